The first kappa shape index (κ1) is 12.3. The predicted molar refractivity (Wildman–Crippen MR) is 62.9 cm³/mol. The summed E-state index contributed by atoms with van der Waals surface area (Å²) in [6.45, 7) is 6.96. The van der Waals surface area contributed by atoms with Gasteiger partial charge >= 0.3 is 6.03 Å². The highest BCUT2D eigenvalue weighted by molar-refractivity contribution is 5.74. The molecule has 15 heavy (non-hydrogen) atoms. The topological polar surface area (TPSA) is 23.6 Å². The van der Waals surface area contributed by atoms with Gasteiger partial charge in [-0.2, -0.15) is 0 Å². The van der Waals surface area contributed by atoms with Crippen LogP contribution >= 0.6 is 0 Å². The minimum absolute atomic E-state index is 0.203. The van der Waals surface area contributed by atoms with Crippen molar-refractivity contribution in [2.75, 3.05) is 26.7 Å². The molecule has 1 aliphatic rings. The molecule has 1 unspecified atom stereocenters. The molecule has 1 atom stereocenters. The Morgan fingerprint density at radius 2 is 2.07 bits per heavy atom. The van der Waals surface area contributed by atoms with Crippen molar-refractivity contribution in [2.45, 2.75) is 39.5 Å². The summed E-state index contributed by atoms with van der Waals surface area (Å²) in [5.41, 5.74) is 0. The molecule has 3 nitrogen and oxygen atoms in total. The minimum atomic E-state index is 0.203. The number of nitrogens with zero attached hydrogens (tertiary/aromatic N) is 2. The molecule has 0 N–H and O–H groups in total. The molecule has 1 heterocycles. The zero-order chi connectivity index (χ0) is 11.3. The second-order valence-corrected chi connectivity index (χ2v) is 4.49. The Labute approximate surface area is 93.4 Å². The lowest BCUT2D eigenvalue weighted by Gasteiger charge is -2.26. The van der Waals surface area contributed by atoms with E-state index in [0.717, 1.165) is 25.6 Å². The van der Waals surface area contributed by atoms with Gasteiger partial charge in [0.25, 0.3) is 0 Å². The standard InChI is InChI=1S/C12H24N2O/c1-4-11-7-6-9-14(10-8-11)12(15)13(3)5-2/h11H,4-10H2,1-3H3. The minimum Gasteiger partial charge on any atom is -0.328 e. The van der Waals surface area contributed by atoms with E-state index >= 15 is 0 Å². The van der Waals surface area contributed by atoms with E-state index in [2.05, 4.69) is 6.92 Å². The molecule has 0 spiro atoms. The lowest BCUT2D eigenvalue weighted by Crippen LogP contribution is -2.41. The maximum atomic E-state index is 11.9. The highest BCUT2D eigenvalue weighted by atomic mass is 16.2. The number of hydrogen-bond acceptors (Lipinski definition) is 1. The zero-order valence-corrected chi connectivity index (χ0v) is 10.3. The van der Waals surface area contributed by atoms with Crippen molar-refractivity contribution in [1.29, 1.82) is 0 Å². The molecule has 0 aromatic heterocycles. The number of rotatable bonds is 2. The molecular weight excluding hydrogens is 188 g/mol. The third-order valence-electron chi connectivity index (χ3n) is 3.50. The summed E-state index contributed by atoms with van der Waals surface area (Å²) < 4.78 is 0. The SMILES string of the molecule is CCC1CCCN(C(=O)N(C)CC)CC1. The molecule has 0 radical (unpaired) electrons. The molecule has 0 bridgehead atoms. The number of carbonyl (C=O) groups excluding carboxylic acids is 1. The van der Waals surface area contributed by atoms with Gasteiger partial charge in [0.15, 0.2) is 0 Å². The fourth-order valence-electron chi connectivity index (χ4n) is 2.14. The van der Waals surface area contributed by atoms with E-state index in [4.69, 9.17) is 0 Å². The highest BCUT2D eigenvalue weighted by Crippen LogP contribution is 2.20. The van der Waals surface area contributed by atoms with Gasteiger partial charge in [0.1, 0.15) is 0 Å². The Morgan fingerprint density at radius 3 is 2.67 bits per heavy atom. The van der Waals surface area contributed by atoms with Crippen molar-refractivity contribution in [3.63, 3.8) is 0 Å². The molecule has 0 aromatic rings. The summed E-state index contributed by atoms with van der Waals surface area (Å²) in [4.78, 5) is 15.7. The molecule has 2 amide bonds. The van der Waals surface area contributed by atoms with E-state index in [0.29, 0.717) is 0 Å². The first-order chi connectivity index (χ1) is 7.19. The van der Waals surface area contributed by atoms with Crippen molar-refractivity contribution in [1.82, 2.24) is 9.80 Å². The van der Waals surface area contributed by atoms with Gasteiger partial charge in [-0.15, -0.1) is 0 Å². The Bertz CT molecular complexity index is 206. The van der Waals surface area contributed by atoms with Gasteiger partial charge in [-0.1, -0.05) is 13.3 Å². The molecule has 1 fully saturated rings. The van der Waals surface area contributed by atoms with Crippen LogP contribution in [0.1, 0.15) is 39.5 Å². The van der Waals surface area contributed by atoms with Crippen LogP contribution in [0.15, 0.2) is 0 Å². The third kappa shape index (κ3) is 3.40. The Kier molecular flexibility index (Phi) is 4.92. The third-order valence-corrected chi connectivity index (χ3v) is 3.50. The van der Waals surface area contributed by atoms with Crippen molar-refractivity contribution in [3.05, 3.63) is 0 Å². The average Bonchev–Trinajstić information content (AvgIpc) is 2.51. The Morgan fingerprint density at radius 1 is 1.33 bits per heavy atom. The zero-order valence-electron chi connectivity index (χ0n) is 10.3. The van der Waals surface area contributed by atoms with E-state index < -0.39 is 0 Å². The molecule has 3 heteroatoms. The van der Waals surface area contributed by atoms with Gasteiger partial charge in [0, 0.05) is 26.7 Å². The summed E-state index contributed by atoms with van der Waals surface area (Å²) in [5, 5.41) is 0. The van der Waals surface area contributed by atoms with Gasteiger partial charge in [-0.3, -0.25) is 0 Å². The molecule has 1 saturated heterocycles. The van der Waals surface area contributed by atoms with Gasteiger partial charge in [0.2, 0.25) is 0 Å². The van der Waals surface area contributed by atoms with Crippen LogP contribution in [0.3, 0.4) is 0 Å². The maximum Gasteiger partial charge on any atom is 0.319 e. The first-order valence-corrected chi connectivity index (χ1v) is 6.19. The van der Waals surface area contributed by atoms with Gasteiger partial charge in [-0.05, 0) is 32.1 Å². The van der Waals surface area contributed by atoms with Crippen LogP contribution in [-0.2, 0) is 0 Å². The van der Waals surface area contributed by atoms with Gasteiger partial charge < -0.3 is 9.80 Å². The second-order valence-electron chi connectivity index (χ2n) is 4.49. The average molecular weight is 212 g/mol. The van der Waals surface area contributed by atoms with Gasteiger partial charge in [0.05, 0.1) is 0 Å². The fraction of sp³-hybridized carbons (Fsp3) is 0.917. The second kappa shape index (κ2) is 5.99. The molecule has 1 rings (SSSR count). The van der Waals surface area contributed by atoms with Crippen molar-refractivity contribution in [2.24, 2.45) is 5.92 Å². The van der Waals surface area contributed by atoms with Crippen LogP contribution in [0, 0.1) is 5.92 Å². The summed E-state index contributed by atoms with van der Waals surface area (Å²) in [6, 6.07) is 0.203. The summed E-state index contributed by atoms with van der Waals surface area (Å²) >= 11 is 0. The van der Waals surface area contributed by atoms with Crippen molar-refractivity contribution in [3.8, 4) is 0 Å². The van der Waals surface area contributed by atoms with Crippen LogP contribution in [0.4, 0.5) is 4.79 Å². The van der Waals surface area contributed by atoms with Crippen molar-refractivity contribution >= 4 is 6.03 Å². The van der Waals surface area contributed by atoms with Crippen LogP contribution in [0.2, 0.25) is 0 Å². The quantitative estimate of drug-likeness (QED) is 0.690. The number of hydrogen-bond donors (Lipinski definition) is 0. The smallest absolute Gasteiger partial charge is 0.319 e. The Hall–Kier alpha value is -0.730. The highest BCUT2D eigenvalue weighted by Gasteiger charge is 2.21. The van der Waals surface area contributed by atoms with E-state index in [1.807, 2.05) is 18.9 Å². The maximum absolute atomic E-state index is 11.9. The fourth-order valence-corrected chi connectivity index (χ4v) is 2.14. The molecule has 88 valence electrons. The van der Waals surface area contributed by atoms with Crippen LogP contribution in [0.25, 0.3) is 0 Å². The monoisotopic (exact) mass is 212 g/mol. The van der Waals surface area contributed by atoms with E-state index in [1.54, 1.807) is 4.90 Å². The number of amides is 2. The normalized spacial score (nSPS) is 22.3. The molecule has 0 aromatic carbocycles. The van der Waals surface area contributed by atoms with E-state index in [-0.39, 0.29) is 6.03 Å². The number of urea groups is 1. The summed E-state index contributed by atoms with van der Waals surface area (Å²) in [5.74, 6) is 0.828. The molecule has 1 aliphatic heterocycles. The number of likely N-dealkylation sites (tertiary alicyclic amines) is 1. The van der Waals surface area contributed by atoms with E-state index in [9.17, 15) is 4.79 Å². The lowest BCUT2D eigenvalue weighted by atomic mass is 9.98. The molecule has 0 aliphatic carbocycles. The molecule has 0 saturated carbocycles. The van der Waals surface area contributed by atoms with Crippen molar-refractivity contribution < 1.29 is 4.79 Å². The lowest BCUT2D eigenvalue weighted by molar-refractivity contribution is 0.166. The number of carbonyl (C=O) groups is 1. The van der Waals surface area contributed by atoms with Crippen LogP contribution in [0.5, 0.6) is 0 Å². The summed E-state index contributed by atoms with van der Waals surface area (Å²) in [7, 11) is 1.88. The molecular formula is C12H24N2O. The first-order valence-electron chi connectivity index (χ1n) is 6.19. The van der Waals surface area contributed by atoms with Crippen LogP contribution < -0.4 is 0 Å². The van der Waals surface area contributed by atoms with E-state index in [1.165, 1.54) is 25.7 Å². The largest absolute Gasteiger partial charge is 0.328 e. The van der Waals surface area contributed by atoms with Crippen LogP contribution in [-0.4, -0.2) is 42.5 Å². The predicted octanol–water partition coefficient (Wildman–Crippen LogP) is 2.57. The summed E-state index contributed by atoms with van der Waals surface area (Å²) in [6.07, 6.45) is 4.89. The van der Waals surface area contributed by atoms with Gasteiger partial charge in [-0.25, -0.2) is 4.79 Å². The Balaban J connectivity index is 2.46.